The van der Waals surface area contributed by atoms with Gasteiger partial charge in [-0.3, -0.25) is 14.5 Å². The fourth-order valence-electron chi connectivity index (χ4n) is 5.26. The third-order valence-electron chi connectivity index (χ3n) is 6.68. The minimum absolute atomic E-state index is 0.0164. The Bertz CT molecular complexity index is 1020. The highest BCUT2D eigenvalue weighted by atomic mass is 16.5. The molecular weight excluding hydrogens is 410 g/mol. The summed E-state index contributed by atoms with van der Waals surface area (Å²) >= 11 is 0. The number of hydrogen-bond acceptors (Lipinski definition) is 5. The maximum Gasteiger partial charge on any atom is 0.328 e. The first kappa shape index (κ1) is 20.8. The summed E-state index contributed by atoms with van der Waals surface area (Å²) in [5.41, 5.74) is 1.71. The molecule has 1 saturated carbocycles. The number of hydrogen-bond donors (Lipinski definition) is 1. The number of nitrogens with one attached hydrogen (secondary N) is 1. The van der Waals surface area contributed by atoms with E-state index in [1.165, 1.54) is 11.2 Å². The minimum atomic E-state index is -0.748. The van der Waals surface area contributed by atoms with E-state index in [0.29, 0.717) is 11.4 Å². The van der Waals surface area contributed by atoms with E-state index in [1.807, 2.05) is 31.2 Å². The molecule has 32 heavy (non-hydrogen) atoms. The average molecular weight is 437 g/mol. The van der Waals surface area contributed by atoms with Crippen molar-refractivity contribution in [3.63, 3.8) is 0 Å². The van der Waals surface area contributed by atoms with Crippen LogP contribution in [0.4, 0.5) is 10.5 Å². The number of anilines is 1. The van der Waals surface area contributed by atoms with Gasteiger partial charge >= 0.3 is 6.03 Å². The van der Waals surface area contributed by atoms with Crippen molar-refractivity contribution in [3.05, 3.63) is 54.0 Å². The predicted molar refractivity (Wildman–Crippen MR) is 116 cm³/mol. The van der Waals surface area contributed by atoms with Crippen LogP contribution in [0.15, 0.2) is 47.1 Å². The van der Waals surface area contributed by atoms with Gasteiger partial charge in [0.05, 0.1) is 25.0 Å². The molecule has 5 rings (SSSR count). The zero-order valence-corrected chi connectivity index (χ0v) is 18.0. The summed E-state index contributed by atoms with van der Waals surface area (Å²) in [4.78, 5) is 42.3. The highest BCUT2D eigenvalue weighted by Gasteiger charge is 2.57. The molecule has 3 fully saturated rings. The number of aryl methyl sites for hydroxylation is 1. The van der Waals surface area contributed by atoms with Gasteiger partial charge in [0.25, 0.3) is 5.91 Å². The van der Waals surface area contributed by atoms with Crippen LogP contribution in [-0.2, 0) is 20.9 Å². The van der Waals surface area contributed by atoms with Crippen LogP contribution in [0.3, 0.4) is 0 Å². The molecule has 2 saturated heterocycles. The molecule has 0 spiro atoms. The standard InChI is InChI=1S/C24H27N3O5/c1-15-6-4-7-16(12-15)25-20(28)14-26-21-18-9-2-3-10-19(18)32-22(21)23(29)27(24(26)30)13-17-8-5-11-31-17/h4-8,11-12,18-19,21-22H,2-3,9-10,13-14H2,1H3,(H,25,28). The number of fused-ring (bicyclic) bond motifs is 3. The number of furan rings is 1. The van der Waals surface area contributed by atoms with Gasteiger partial charge in [0.2, 0.25) is 5.91 Å². The minimum Gasteiger partial charge on any atom is -0.467 e. The van der Waals surface area contributed by atoms with Crippen molar-refractivity contribution in [1.29, 1.82) is 0 Å². The van der Waals surface area contributed by atoms with Gasteiger partial charge in [0.15, 0.2) is 6.10 Å². The molecule has 8 heteroatoms. The Morgan fingerprint density at radius 2 is 2.00 bits per heavy atom. The third kappa shape index (κ3) is 3.79. The van der Waals surface area contributed by atoms with Crippen molar-refractivity contribution in [2.45, 2.75) is 57.4 Å². The van der Waals surface area contributed by atoms with E-state index >= 15 is 0 Å². The van der Waals surface area contributed by atoms with E-state index < -0.39 is 18.2 Å². The van der Waals surface area contributed by atoms with Crippen LogP contribution in [0, 0.1) is 12.8 Å². The highest BCUT2D eigenvalue weighted by Crippen LogP contribution is 2.43. The molecule has 4 atom stereocenters. The van der Waals surface area contributed by atoms with Gasteiger partial charge in [0.1, 0.15) is 12.3 Å². The zero-order valence-electron chi connectivity index (χ0n) is 18.0. The van der Waals surface area contributed by atoms with Gasteiger partial charge in [0, 0.05) is 11.6 Å². The Balaban J connectivity index is 1.41. The molecule has 0 bridgehead atoms. The highest BCUT2D eigenvalue weighted by molar-refractivity contribution is 6.02. The van der Waals surface area contributed by atoms with Crippen molar-refractivity contribution >= 4 is 23.5 Å². The van der Waals surface area contributed by atoms with Crippen molar-refractivity contribution in [1.82, 2.24) is 9.80 Å². The first-order valence-electron chi connectivity index (χ1n) is 11.2. The lowest BCUT2D eigenvalue weighted by Gasteiger charge is -2.42. The number of imide groups is 1. The second-order valence-electron chi connectivity index (χ2n) is 8.87. The Kier molecular flexibility index (Phi) is 5.46. The molecule has 3 aliphatic rings. The molecule has 168 valence electrons. The first-order valence-corrected chi connectivity index (χ1v) is 11.2. The SMILES string of the molecule is Cc1cccc(NC(=O)CN2C(=O)N(Cc3ccco3)C(=O)C3OC4CCCCC4C32)c1. The second-order valence-corrected chi connectivity index (χ2v) is 8.87. The van der Waals surface area contributed by atoms with E-state index in [9.17, 15) is 14.4 Å². The number of amides is 4. The van der Waals surface area contributed by atoms with Crippen LogP contribution in [0.5, 0.6) is 0 Å². The summed E-state index contributed by atoms with van der Waals surface area (Å²) in [5.74, 6) is -0.0701. The van der Waals surface area contributed by atoms with Crippen LogP contribution in [-0.4, -0.2) is 52.4 Å². The largest absolute Gasteiger partial charge is 0.467 e. The predicted octanol–water partition coefficient (Wildman–Crippen LogP) is 3.32. The number of ether oxygens (including phenoxy) is 1. The van der Waals surface area contributed by atoms with Gasteiger partial charge in [-0.15, -0.1) is 0 Å². The van der Waals surface area contributed by atoms with E-state index in [0.717, 1.165) is 36.1 Å². The summed E-state index contributed by atoms with van der Waals surface area (Å²) in [6.07, 6.45) is 4.55. The number of carbonyl (C=O) groups excluding carboxylic acids is 3. The summed E-state index contributed by atoms with van der Waals surface area (Å²) < 4.78 is 11.5. The molecule has 1 aromatic heterocycles. The molecule has 1 aliphatic carbocycles. The van der Waals surface area contributed by atoms with Crippen LogP contribution in [0.2, 0.25) is 0 Å². The summed E-state index contributed by atoms with van der Waals surface area (Å²) in [5, 5.41) is 2.88. The maximum absolute atomic E-state index is 13.5. The molecule has 2 aromatic rings. The Hall–Kier alpha value is -3.13. The molecule has 8 nitrogen and oxygen atoms in total. The maximum atomic E-state index is 13.5. The van der Waals surface area contributed by atoms with E-state index in [2.05, 4.69) is 5.32 Å². The Morgan fingerprint density at radius 3 is 2.78 bits per heavy atom. The van der Waals surface area contributed by atoms with Crippen molar-refractivity contribution < 1.29 is 23.5 Å². The Morgan fingerprint density at radius 1 is 1.16 bits per heavy atom. The summed E-state index contributed by atoms with van der Waals surface area (Å²) in [7, 11) is 0. The molecular formula is C24H27N3O5. The quantitative estimate of drug-likeness (QED) is 0.775. The summed E-state index contributed by atoms with van der Waals surface area (Å²) in [6.45, 7) is 1.83. The monoisotopic (exact) mass is 437 g/mol. The molecule has 1 aromatic carbocycles. The van der Waals surface area contributed by atoms with Gasteiger partial charge < -0.3 is 19.4 Å². The van der Waals surface area contributed by atoms with E-state index in [-0.39, 0.29) is 36.9 Å². The van der Waals surface area contributed by atoms with E-state index in [1.54, 1.807) is 12.1 Å². The normalized spacial score (nSPS) is 27.3. The Labute approximate surface area is 186 Å². The second kappa shape index (κ2) is 8.43. The van der Waals surface area contributed by atoms with Crippen LogP contribution in [0.1, 0.15) is 37.0 Å². The molecule has 4 unspecified atom stereocenters. The van der Waals surface area contributed by atoms with Crippen molar-refractivity contribution in [2.75, 3.05) is 11.9 Å². The molecule has 0 radical (unpaired) electrons. The summed E-state index contributed by atoms with van der Waals surface area (Å²) in [6, 6.07) is 10.1. The number of benzene rings is 1. The average Bonchev–Trinajstić information content (AvgIpc) is 3.42. The van der Waals surface area contributed by atoms with Crippen molar-refractivity contribution in [3.8, 4) is 0 Å². The lowest BCUT2D eigenvalue weighted by Crippen LogP contribution is -2.65. The number of nitrogens with zero attached hydrogens (tertiary/aromatic N) is 2. The first-order chi connectivity index (χ1) is 15.5. The van der Waals surface area contributed by atoms with Gasteiger partial charge in [-0.25, -0.2) is 4.79 Å². The lowest BCUT2D eigenvalue weighted by molar-refractivity contribution is -0.148. The lowest BCUT2D eigenvalue weighted by atomic mass is 9.81. The smallest absolute Gasteiger partial charge is 0.328 e. The molecule has 2 aliphatic heterocycles. The number of rotatable bonds is 5. The fraction of sp³-hybridized carbons (Fsp3) is 0.458. The fourth-order valence-corrected chi connectivity index (χ4v) is 5.26. The molecule has 4 amide bonds. The zero-order chi connectivity index (χ0) is 22.2. The van der Waals surface area contributed by atoms with Crippen LogP contribution >= 0.6 is 0 Å². The van der Waals surface area contributed by atoms with Gasteiger partial charge in [-0.05, 0) is 49.6 Å². The number of carbonyl (C=O) groups is 3. The van der Waals surface area contributed by atoms with Crippen LogP contribution in [0.25, 0.3) is 0 Å². The molecule has 3 heterocycles. The third-order valence-corrected chi connectivity index (χ3v) is 6.68. The van der Waals surface area contributed by atoms with Crippen molar-refractivity contribution in [2.24, 2.45) is 5.92 Å². The van der Waals surface area contributed by atoms with Crippen LogP contribution < -0.4 is 5.32 Å². The van der Waals surface area contributed by atoms with Gasteiger partial charge in [-0.1, -0.05) is 25.0 Å². The van der Waals surface area contributed by atoms with Gasteiger partial charge in [-0.2, -0.15) is 0 Å². The van der Waals surface area contributed by atoms with E-state index in [4.69, 9.17) is 9.15 Å². The number of urea groups is 1. The molecule has 1 N–H and O–H groups in total. The topological polar surface area (TPSA) is 92.1 Å².